The Morgan fingerprint density at radius 3 is 2.12 bits per heavy atom. The molecule has 24 heavy (non-hydrogen) atoms. The first-order chi connectivity index (χ1) is 10.6. The second kappa shape index (κ2) is 7.88. The molecule has 0 spiro atoms. The predicted octanol–water partition coefficient (Wildman–Crippen LogP) is 5.82. The predicted molar refractivity (Wildman–Crippen MR) is 81.9 cm³/mol. The standard InChI is InChI=1S/C18H17F4O.Y/c1-10(2)14-8-15(17(23-4)9-16(14)19)13-6-5-12(7-11(13)3)18(20,21)22;/h5-10H,3H2,1-2,4H3;/q-1;. The van der Waals surface area contributed by atoms with Gasteiger partial charge in [0, 0.05) is 38.8 Å². The second-order valence-corrected chi connectivity index (χ2v) is 5.60. The molecule has 127 valence electrons. The first-order valence-electron chi connectivity index (χ1n) is 7.06. The Labute approximate surface area is 164 Å². The molecule has 0 fully saturated rings. The van der Waals surface area contributed by atoms with Crippen LogP contribution in [0, 0.1) is 12.7 Å². The maximum Gasteiger partial charge on any atom is 0.405 e. The quantitative estimate of drug-likeness (QED) is 0.454. The summed E-state index contributed by atoms with van der Waals surface area (Å²) in [6.07, 6.45) is -4.43. The Hall–Kier alpha value is -1.07. The van der Waals surface area contributed by atoms with Crippen molar-refractivity contribution in [3.63, 3.8) is 0 Å². The second-order valence-electron chi connectivity index (χ2n) is 5.60. The van der Waals surface area contributed by atoms with Crippen molar-refractivity contribution in [2.75, 3.05) is 7.11 Å². The van der Waals surface area contributed by atoms with E-state index in [9.17, 15) is 17.6 Å². The Morgan fingerprint density at radius 2 is 1.67 bits per heavy atom. The van der Waals surface area contributed by atoms with Crippen molar-refractivity contribution in [2.24, 2.45) is 0 Å². The van der Waals surface area contributed by atoms with E-state index in [1.807, 2.05) is 13.8 Å². The molecule has 0 aliphatic rings. The molecule has 0 N–H and O–H groups in total. The number of methoxy groups -OCH3 is 1. The van der Waals surface area contributed by atoms with Crippen molar-refractivity contribution < 1.29 is 55.0 Å². The van der Waals surface area contributed by atoms with Crippen LogP contribution in [0.2, 0.25) is 0 Å². The van der Waals surface area contributed by atoms with Gasteiger partial charge in [0.1, 0.15) is 11.6 Å². The summed E-state index contributed by atoms with van der Waals surface area (Å²) in [7, 11) is 1.39. The number of ether oxygens (including phenoxy) is 1. The smallest absolute Gasteiger partial charge is 0.405 e. The van der Waals surface area contributed by atoms with E-state index in [0.29, 0.717) is 16.7 Å². The summed E-state index contributed by atoms with van der Waals surface area (Å²) in [6.45, 7) is 7.37. The third-order valence-electron chi connectivity index (χ3n) is 3.66. The van der Waals surface area contributed by atoms with Crippen LogP contribution in [-0.2, 0) is 38.9 Å². The Balaban J connectivity index is 0.00000288. The van der Waals surface area contributed by atoms with Crippen LogP contribution in [-0.4, -0.2) is 7.11 Å². The fraction of sp³-hybridized carbons (Fsp3) is 0.278. The fourth-order valence-electron chi connectivity index (χ4n) is 2.43. The van der Waals surface area contributed by atoms with Crippen LogP contribution in [0.25, 0.3) is 11.1 Å². The van der Waals surface area contributed by atoms with Crippen molar-refractivity contribution in [3.8, 4) is 16.9 Å². The number of benzene rings is 2. The van der Waals surface area contributed by atoms with Gasteiger partial charge in [0.05, 0.1) is 7.11 Å². The van der Waals surface area contributed by atoms with Crippen LogP contribution in [0.3, 0.4) is 0 Å². The Kier molecular flexibility index (Phi) is 6.88. The minimum absolute atomic E-state index is 0. The molecule has 1 radical (unpaired) electrons. The molecule has 2 rings (SSSR count). The molecule has 6 heteroatoms. The summed E-state index contributed by atoms with van der Waals surface area (Å²) in [4.78, 5) is 0. The summed E-state index contributed by atoms with van der Waals surface area (Å²) in [6, 6.07) is 6.16. The summed E-state index contributed by atoms with van der Waals surface area (Å²) < 4.78 is 57.5. The van der Waals surface area contributed by atoms with Crippen LogP contribution in [0.1, 0.15) is 36.5 Å². The fourth-order valence-corrected chi connectivity index (χ4v) is 2.43. The van der Waals surface area contributed by atoms with Crippen molar-refractivity contribution in [2.45, 2.75) is 25.9 Å². The molecule has 0 heterocycles. The zero-order valence-corrected chi connectivity index (χ0v) is 16.5. The summed E-state index contributed by atoms with van der Waals surface area (Å²) in [5.41, 5.74) is 0.920. The van der Waals surface area contributed by atoms with Gasteiger partial charge in [-0.25, -0.2) is 4.39 Å². The minimum atomic E-state index is -4.43. The molecule has 0 bridgehead atoms. The van der Waals surface area contributed by atoms with Gasteiger partial charge in [-0.05, 0) is 22.6 Å². The maximum atomic E-state index is 14.1. The Bertz CT molecular complexity index is 724. The molecule has 0 aliphatic heterocycles. The zero-order valence-electron chi connectivity index (χ0n) is 13.7. The van der Waals surface area contributed by atoms with Gasteiger partial charge >= 0.3 is 6.18 Å². The van der Waals surface area contributed by atoms with Crippen molar-refractivity contribution in [1.29, 1.82) is 0 Å². The first kappa shape index (κ1) is 21.0. The van der Waals surface area contributed by atoms with Gasteiger partial charge in [-0.15, -0.1) is 11.6 Å². The molecule has 0 aliphatic carbocycles. The number of alkyl halides is 3. The van der Waals surface area contributed by atoms with Gasteiger partial charge in [-0.1, -0.05) is 26.0 Å². The van der Waals surface area contributed by atoms with Gasteiger partial charge in [-0.3, -0.25) is 0 Å². The molecular weight excluding hydrogens is 397 g/mol. The van der Waals surface area contributed by atoms with Gasteiger partial charge < -0.3 is 4.74 Å². The van der Waals surface area contributed by atoms with Gasteiger partial charge in [-0.2, -0.15) is 31.7 Å². The van der Waals surface area contributed by atoms with Crippen molar-refractivity contribution in [3.05, 3.63) is 59.8 Å². The van der Waals surface area contributed by atoms with E-state index in [2.05, 4.69) is 6.92 Å². The van der Waals surface area contributed by atoms with Crippen LogP contribution in [0.4, 0.5) is 17.6 Å². The van der Waals surface area contributed by atoms with E-state index in [-0.39, 0.29) is 49.9 Å². The summed E-state index contributed by atoms with van der Waals surface area (Å²) >= 11 is 0. The van der Waals surface area contributed by atoms with Gasteiger partial charge in [0.25, 0.3) is 0 Å². The van der Waals surface area contributed by atoms with Crippen LogP contribution < -0.4 is 4.74 Å². The molecule has 0 atom stereocenters. The van der Waals surface area contributed by atoms with E-state index in [1.165, 1.54) is 19.2 Å². The third kappa shape index (κ3) is 4.31. The molecular formula is C18H17F4OY-. The van der Waals surface area contributed by atoms with E-state index in [1.54, 1.807) is 6.07 Å². The summed E-state index contributed by atoms with van der Waals surface area (Å²) in [5.74, 6) is -0.211. The minimum Gasteiger partial charge on any atom is -0.497 e. The molecule has 0 aromatic heterocycles. The van der Waals surface area contributed by atoms with Gasteiger partial charge in [0.15, 0.2) is 0 Å². The molecule has 0 saturated heterocycles. The largest absolute Gasteiger partial charge is 0.497 e. The first-order valence-corrected chi connectivity index (χ1v) is 7.06. The molecule has 2 aromatic carbocycles. The van der Waals surface area contributed by atoms with Crippen LogP contribution >= 0.6 is 0 Å². The van der Waals surface area contributed by atoms with Gasteiger partial charge in [0.2, 0.25) is 0 Å². The van der Waals surface area contributed by atoms with E-state index < -0.39 is 17.6 Å². The normalized spacial score (nSPS) is 11.3. The molecule has 0 unspecified atom stereocenters. The van der Waals surface area contributed by atoms with Crippen LogP contribution in [0.5, 0.6) is 5.75 Å². The molecule has 1 nitrogen and oxygen atoms in total. The summed E-state index contributed by atoms with van der Waals surface area (Å²) in [5, 5.41) is 0. The van der Waals surface area contributed by atoms with Crippen molar-refractivity contribution >= 4 is 0 Å². The third-order valence-corrected chi connectivity index (χ3v) is 3.66. The maximum absolute atomic E-state index is 14.1. The number of hydrogen-bond acceptors (Lipinski definition) is 1. The SMILES string of the molecule is [CH2-]c1cc(C(F)(F)F)ccc1-c1cc(C(C)C)c(F)cc1OC.[Y]. The average molecular weight is 414 g/mol. The zero-order chi connectivity index (χ0) is 17.4. The molecule has 0 saturated carbocycles. The molecule has 2 aromatic rings. The Morgan fingerprint density at radius 1 is 1.04 bits per heavy atom. The topological polar surface area (TPSA) is 9.23 Å². The average Bonchev–Trinajstić information content (AvgIpc) is 2.45. The number of hydrogen-bond donors (Lipinski definition) is 0. The number of rotatable bonds is 3. The number of halogens is 4. The van der Waals surface area contributed by atoms with Crippen molar-refractivity contribution in [1.82, 2.24) is 0 Å². The monoisotopic (exact) mass is 414 g/mol. The van der Waals surface area contributed by atoms with Crippen LogP contribution in [0.15, 0.2) is 30.3 Å². The van der Waals surface area contributed by atoms with E-state index >= 15 is 0 Å². The van der Waals surface area contributed by atoms with E-state index in [4.69, 9.17) is 4.74 Å². The molecule has 0 amide bonds. The van der Waals surface area contributed by atoms with E-state index in [0.717, 1.165) is 12.1 Å².